The molecule has 1 aliphatic rings. The van der Waals surface area contributed by atoms with Crippen LogP contribution in [0.5, 0.6) is 0 Å². The Hall–Kier alpha value is -1.42. The van der Waals surface area contributed by atoms with E-state index in [1.165, 1.54) is 12.1 Å². The maximum atomic E-state index is 13.1. The molecule has 0 radical (unpaired) electrons. The predicted octanol–water partition coefficient (Wildman–Crippen LogP) is 2.20. The van der Waals surface area contributed by atoms with Crippen LogP contribution in [0.15, 0.2) is 24.3 Å². The Kier molecular flexibility index (Phi) is 3.97. The van der Waals surface area contributed by atoms with Crippen LogP contribution in [-0.2, 0) is 0 Å². The zero-order chi connectivity index (χ0) is 13.1. The third kappa shape index (κ3) is 2.88. The molecule has 1 aliphatic heterocycles. The Bertz CT molecular complexity index is 434. The number of rotatable bonds is 3. The second-order valence-corrected chi connectivity index (χ2v) is 4.89. The van der Waals surface area contributed by atoms with E-state index in [-0.39, 0.29) is 11.9 Å². The summed E-state index contributed by atoms with van der Waals surface area (Å²) >= 11 is 0. The summed E-state index contributed by atoms with van der Waals surface area (Å²) in [5.74, 6) is -0.537. The van der Waals surface area contributed by atoms with Gasteiger partial charge in [-0.2, -0.15) is 0 Å². The van der Waals surface area contributed by atoms with Gasteiger partial charge in [0, 0.05) is 18.2 Å². The fourth-order valence-corrected chi connectivity index (χ4v) is 2.53. The summed E-state index contributed by atoms with van der Waals surface area (Å²) in [5, 5.41) is 9.43. The molecule has 2 rings (SSSR count). The minimum atomic E-state index is -0.420. The van der Waals surface area contributed by atoms with Gasteiger partial charge in [-0.15, -0.1) is 0 Å². The molecule has 0 bridgehead atoms. The summed E-state index contributed by atoms with van der Waals surface area (Å²) in [6, 6.07) is 5.83. The second kappa shape index (κ2) is 5.48. The molecular weight excluding hydrogens is 233 g/mol. The molecule has 98 valence electrons. The van der Waals surface area contributed by atoms with Crippen molar-refractivity contribution in [1.82, 2.24) is 4.90 Å². The Labute approximate surface area is 106 Å². The molecule has 0 spiro atoms. The van der Waals surface area contributed by atoms with Crippen molar-refractivity contribution in [2.75, 3.05) is 6.54 Å². The van der Waals surface area contributed by atoms with Gasteiger partial charge in [-0.3, -0.25) is 4.79 Å². The minimum absolute atomic E-state index is 0.0702. The summed E-state index contributed by atoms with van der Waals surface area (Å²) in [7, 11) is 0. The van der Waals surface area contributed by atoms with Crippen molar-refractivity contribution in [1.29, 1.82) is 0 Å². The van der Waals surface area contributed by atoms with Crippen molar-refractivity contribution in [3.8, 4) is 0 Å². The van der Waals surface area contributed by atoms with Crippen molar-refractivity contribution in [3.05, 3.63) is 35.6 Å². The van der Waals surface area contributed by atoms with E-state index in [9.17, 15) is 14.3 Å². The standard InChI is InChI=1S/C14H18FNO2/c1-10(17)8-13-6-3-7-16(13)14(18)11-4-2-5-12(15)9-11/h2,4-5,9-10,13,17H,3,6-8H2,1H3. The molecule has 18 heavy (non-hydrogen) atoms. The number of likely N-dealkylation sites (tertiary alicyclic amines) is 1. The lowest BCUT2D eigenvalue weighted by atomic mass is 10.1. The third-order valence-electron chi connectivity index (χ3n) is 3.32. The number of hydrogen-bond acceptors (Lipinski definition) is 2. The van der Waals surface area contributed by atoms with Crippen molar-refractivity contribution >= 4 is 5.91 Å². The number of aliphatic hydroxyl groups is 1. The molecule has 1 N–H and O–H groups in total. The topological polar surface area (TPSA) is 40.5 Å². The Morgan fingerprint density at radius 1 is 1.61 bits per heavy atom. The molecule has 1 aromatic rings. The smallest absolute Gasteiger partial charge is 0.254 e. The van der Waals surface area contributed by atoms with Gasteiger partial charge in [0.1, 0.15) is 5.82 Å². The first-order valence-corrected chi connectivity index (χ1v) is 6.32. The van der Waals surface area contributed by atoms with Gasteiger partial charge in [-0.25, -0.2) is 4.39 Å². The van der Waals surface area contributed by atoms with E-state index < -0.39 is 11.9 Å². The largest absolute Gasteiger partial charge is 0.393 e. The molecule has 0 saturated carbocycles. The van der Waals surface area contributed by atoms with Crippen molar-refractivity contribution < 1.29 is 14.3 Å². The average molecular weight is 251 g/mol. The van der Waals surface area contributed by atoms with Crippen LogP contribution in [0.1, 0.15) is 36.5 Å². The van der Waals surface area contributed by atoms with Crippen LogP contribution in [0.4, 0.5) is 4.39 Å². The van der Waals surface area contributed by atoms with E-state index in [0.29, 0.717) is 18.5 Å². The maximum absolute atomic E-state index is 13.1. The summed E-state index contributed by atoms with van der Waals surface area (Å²) in [6.45, 7) is 2.41. The molecule has 1 heterocycles. The molecule has 3 nitrogen and oxygen atoms in total. The van der Waals surface area contributed by atoms with Crippen molar-refractivity contribution in [2.45, 2.75) is 38.3 Å². The molecule has 1 fully saturated rings. The first kappa shape index (κ1) is 13.0. The van der Waals surface area contributed by atoms with Gasteiger partial charge < -0.3 is 10.0 Å². The van der Waals surface area contributed by atoms with E-state index in [1.54, 1.807) is 24.0 Å². The molecule has 0 aromatic heterocycles. The van der Waals surface area contributed by atoms with E-state index in [2.05, 4.69) is 0 Å². The number of halogens is 1. The molecule has 0 aliphatic carbocycles. The summed E-state index contributed by atoms with van der Waals surface area (Å²) in [5.41, 5.74) is 0.382. The SMILES string of the molecule is CC(O)CC1CCCN1C(=O)c1cccc(F)c1. The van der Waals surface area contributed by atoms with Gasteiger partial charge in [-0.05, 0) is 44.4 Å². The van der Waals surface area contributed by atoms with Gasteiger partial charge in [0.05, 0.1) is 6.10 Å². The fourth-order valence-electron chi connectivity index (χ4n) is 2.53. The summed E-state index contributed by atoms with van der Waals surface area (Å²) < 4.78 is 13.1. The van der Waals surface area contributed by atoms with Crippen molar-refractivity contribution in [3.63, 3.8) is 0 Å². The second-order valence-electron chi connectivity index (χ2n) is 4.89. The van der Waals surface area contributed by atoms with Gasteiger partial charge >= 0.3 is 0 Å². The van der Waals surface area contributed by atoms with E-state index in [0.717, 1.165) is 12.8 Å². The zero-order valence-corrected chi connectivity index (χ0v) is 10.5. The lowest BCUT2D eigenvalue weighted by Crippen LogP contribution is -2.37. The number of aliphatic hydroxyl groups excluding tert-OH is 1. The van der Waals surface area contributed by atoms with Crippen LogP contribution in [0.25, 0.3) is 0 Å². The molecule has 2 atom stereocenters. The van der Waals surface area contributed by atoms with Crippen LogP contribution >= 0.6 is 0 Å². The molecule has 2 unspecified atom stereocenters. The lowest BCUT2D eigenvalue weighted by Gasteiger charge is -2.25. The van der Waals surface area contributed by atoms with Crippen LogP contribution in [-0.4, -0.2) is 34.6 Å². The lowest BCUT2D eigenvalue weighted by molar-refractivity contribution is 0.0681. The zero-order valence-electron chi connectivity index (χ0n) is 10.5. The highest BCUT2D eigenvalue weighted by molar-refractivity contribution is 5.94. The Balaban J connectivity index is 2.12. The normalized spacial score (nSPS) is 21.1. The number of amides is 1. The van der Waals surface area contributed by atoms with E-state index in [4.69, 9.17) is 0 Å². The first-order valence-electron chi connectivity index (χ1n) is 6.32. The minimum Gasteiger partial charge on any atom is -0.393 e. The predicted molar refractivity (Wildman–Crippen MR) is 66.8 cm³/mol. The van der Waals surface area contributed by atoms with Gasteiger partial charge in [0.2, 0.25) is 0 Å². The summed E-state index contributed by atoms with van der Waals surface area (Å²) in [4.78, 5) is 14.0. The number of carbonyl (C=O) groups excluding carboxylic acids is 1. The van der Waals surface area contributed by atoms with Crippen LogP contribution in [0.3, 0.4) is 0 Å². The number of carbonyl (C=O) groups is 1. The quantitative estimate of drug-likeness (QED) is 0.894. The van der Waals surface area contributed by atoms with Gasteiger partial charge in [0.15, 0.2) is 0 Å². The Morgan fingerprint density at radius 2 is 2.39 bits per heavy atom. The maximum Gasteiger partial charge on any atom is 0.254 e. The van der Waals surface area contributed by atoms with Gasteiger partial charge in [-0.1, -0.05) is 6.07 Å². The van der Waals surface area contributed by atoms with E-state index >= 15 is 0 Å². The van der Waals surface area contributed by atoms with Gasteiger partial charge in [0.25, 0.3) is 5.91 Å². The fraction of sp³-hybridized carbons (Fsp3) is 0.500. The van der Waals surface area contributed by atoms with Crippen LogP contribution < -0.4 is 0 Å². The monoisotopic (exact) mass is 251 g/mol. The number of hydrogen-bond donors (Lipinski definition) is 1. The highest BCUT2D eigenvalue weighted by Gasteiger charge is 2.30. The van der Waals surface area contributed by atoms with E-state index in [1.807, 2.05) is 0 Å². The summed E-state index contributed by atoms with van der Waals surface area (Å²) in [6.07, 6.45) is 2.02. The average Bonchev–Trinajstić information content (AvgIpc) is 2.75. The highest BCUT2D eigenvalue weighted by atomic mass is 19.1. The molecule has 1 saturated heterocycles. The Morgan fingerprint density at radius 3 is 3.06 bits per heavy atom. The molecule has 4 heteroatoms. The van der Waals surface area contributed by atoms with Crippen molar-refractivity contribution in [2.24, 2.45) is 0 Å². The first-order chi connectivity index (χ1) is 8.58. The molecular formula is C14H18FNO2. The molecule has 1 amide bonds. The highest BCUT2D eigenvalue weighted by Crippen LogP contribution is 2.23. The number of benzene rings is 1. The third-order valence-corrected chi connectivity index (χ3v) is 3.32. The number of nitrogens with zero attached hydrogens (tertiary/aromatic N) is 1. The van der Waals surface area contributed by atoms with Crippen LogP contribution in [0.2, 0.25) is 0 Å². The van der Waals surface area contributed by atoms with Crippen LogP contribution in [0, 0.1) is 5.82 Å². The molecule has 1 aromatic carbocycles.